The van der Waals surface area contributed by atoms with Gasteiger partial charge in [-0.2, -0.15) is 0 Å². The SMILES string of the molecule is O=C(Nc1cccc2c1OCCC2)N1CC2(CCC2)C1C1CCOCC1. The maximum Gasteiger partial charge on any atom is 0.322 e. The molecule has 3 fully saturated rings. The van der Waals surface area contributed by atoms with E-state index in [9.17, 15) is 4.79 Å². The lowest BCUT2D eigenvalue weighted by Gasteiger charge is -2.64. The third-order valence-electron chi connectivity index (χ3n) is 6.95. The molecule has 1 spiro atoms. The minimum absolute atomic E-state index is 0.0431. The summed E-state index contributed by atoms with van der Waals surface area (Å²) in [6, 6.07) is 6.51. The predicted octanol–water partition coefficient (Wildman–Crippen LogP) is 3.82. The largest absolute Gasteiger partial charge is 0.491 e. The number of para-hydroxylation sites is 1. The van der Waals surface area contributed by atoms with Crippen LogP contribution in [0, 0.1) is 11.3 Å². The number of ether oxygens (including phenoxy) is 2. The summed E-state index contributed by atoms with van der Waals surface area (Å²) in [5.74, 6) is 1.46. The number of carbonyl (C=O) groups is 1. The summed E-state index contributed by atoms with van der Waals surface area (Å²) in [5.41, 5.74) is 2.42. The Labute approximate surface area is 155 Å². The first kappa shape index (κ1) is 16.4. The lowest BCUT2D eigenvalue weighted by molar-refractivity contribution is -0.135. The summed E-state index contributed by atoms with van der Waals surface area (Å²) in [7, 11) is 0. The molecule has 4 aliphatic rings. The number of nitrogens with one attached hydrogen (secondary N) is 1. The molecule has 5 heteroatoms. The standard InChI is InChI=1S/C21H28N2O3/c24-20(22-17-6-1-4-15-5-2-11-26-18(15)17)23-14-21(9-3-10-21)19(23)16-7-12-25-13-8-16/h1,4,6,16,19H,2-3,5,7-14H2,(H,22,24). The highest BCUT2D eigenvalue weighted by Gasteiger charge is 2.59. The van der Waals surface area contributed by atoms with Crippen LogP contribution in [0.5, 0.6) is 5.75 Å². The second kappa shape index (κ2) is 6.45. The van der Waals surface area contributed by atoms with Gasteiger partial charge in [0, 0.05) is 31.2 Å². The fourth-order valence-corrected chi connectivity index (χ4v) is 5.49. The Hall–Kier alpha value is -1.75. The van der Waals surface area contributed by atoms with Gasteiger partial charge < -0.3 is 19.7 Å². The zero-order valence-corrected chi connectivity index (χ0v) is 15.3. The van der Waals surface area contributed by atoms with Crippen molar-refractivity contribution in [1.29, 1.82) is 0 Å². The summed E-state index contributed by atoms with van der Waals surface area (Å²) >= 11 is 0. The number of carbonyl (C=O) groups excluding carboxylic acids is 1. The van der Waals surface area contributed by atoms with E-state index in [2.05, 4.69) is 16.3 Å². The van der Waals surface area contributed by atoms with Crippen LogP contribution in [0.3, 0.4) is 0 Å². The molecule has 1 N–H and O–H groups in total. The number of amides is 2. The van der Waals surface area contributed by atoms with Crippen molar-refractivity contribution in [2.24, 2.45) is 11.3 Å². The lowest BCUT2D eigenvalue weighted by atomic mass is 9.54. The van der Waals surface area contributed by atoms with E-state index in [0.29, 0.717) is 17.4 Å². The van der Waals surface area contributed by atoms with Crippen LogP contribution >= 0.6 is 0 Å². The van der Waals surface area contributed by atoms with Crippen LogP contribution in [0.1, 0.15) is 44.1 Å². The molecule has 3 aliphatic heterocycles. The fourth-order valence-electron chi connectivity index (χ4n) is 5.49. The molecule has 26 heavy (non-hydrogen) atoms. The summed E-state index contributed by atoms with van der Waals surface area (Å²) < 4.78 is 11.4. The van der Waals surface area contributed by atoms with Crippen LogP contribution in [-0.2, 0) is 11.2 Å². The quantitative estimate of drug-likeness (QED) is 0.876. The first-order chi connectivity index (χ1) is 12.8. The molecule has 5 nitrogen and oxygen atoms in total. The van der Waals surface area contributed by atoms with Crippen molar-refractivity contribution in [2.45, 2.75) is 51.0 Å². The van der Waals surface area contributed by atoms with Gasteiger partial charge in [0.2, 0.25) is 0 Å². The molecule has 1 saturated carbocycles. The summed E-state index contributed by atoms with van der Waals surface area (Å²) in [4.78, 5) is 15.2. The van der Waals surface area contributed by atoms with Crippen molar-refractivity contribution in [3.8, 4) is 5.75 Å². The van der Waals surface area contributed by atoms with Crippen LogP contribution in [0.25, 0.3) is 0 Å². The van der Waals surface area contributed by atoms with E-state index in [0.717, 1.165) is 63.5 Å². The van der Waals surface area contributed by atoms with Crippen molar-refractivity contribution in [2.75, 3.05) is 31.7 Å². The van der Waals surface area contributed by atoms with Crippen molar-refractivity contribution in [1.82, 2.24) is 4.90 Å². The van der Waals surface area contributed by atoms with Crippen LogP contribution in [-0.4, -0.2) is 43.3 Å². The Kier molecular flexibility index (Phi) is 4.07. The van der Waals surface area contributed by atoms with Crippen molar-refractivity contribution < 1.29 is 14.3 Å². The van der Waals surface area contributed by atoms with Crippen LogP contribution in [0.2, 0.25) is 0 Å². The molecule has 1 atom stereocenters. The van der Waals surface area contributed by atoms with Gasteiger partial charge >= 0.3 is 6.03 Å². The molecule has 1 aromatic carbocycles. The number of rotatable bonds is 2. The summed E-state index contributed by atoms with van der Waals surface area (Å²) in [6.45, 7) is 3.33. The zero-order valence-electron chi connectivity index (χ0n) is 15.3. The van der Waals surface area contributed by atoms with Crippen LogP contribution < -0.4 is 10.1 Å². The number of hydrogen-bond acceptors (Lipinski definition) is 3. The zero-order chi connectivity index (χ0) is 17.6. The number of likely N-dealkylation sites (tertiary alicyclic amines) is 1. The normalized spacial score (nSPS) is 27.1. The van der Waals surface area contributed by atoms with Gasteiger partial charge in [0.25, 0.3) is 0 Å². The number of urea groups is 1. The van der Waals surface area contributed by atoms with Gasteiger partial charge in [-0.05, 0) is 56.1 Å². The van der Waals surface area contributed by atoms with E-state index in [4.69, 9.17) is 9.47 Å². The van der Waals surface area contributed by atoms with E-state index >= 15 is 0 Å². The van der Waals surface area contributed by atoms with Crippen LogP contribution in [0.4, 0.5) is 10.5 Å². The molecule has 2 amide bonds. The average molecular weight is 356 g/mol. The second-order valence-corrected chi connectivity index (χ2v) is 8.41. The first-order valence-electron chi connectivity index (χ1n) is 10.2. The number of fused-ring (bicyclic) bond motifs is 1. The molecule has 0 aromatic heterocycles. The summed E-state index contributed by atoms with van der Waals surface area (Å²) in [6.07, 6.45) is 8.11. The van der Waals surface area contributed by atoms with E-state index in [1.807, 2.05) is 12.1 Å². The van der Waals surface area contributed by atoms with E-state index < -0.39 is 0 Å². The van der Waals surface area contributed by atoms with E-state index in [1.165, 1.54) is 24.8 Å². The molecule has 1 unspecified atom stereocenters. The smallest absolute Gasteiger partial charge is 0.322 e. The highest BCUT2D eigenvalue weighted by Crippen LogP contribution is 2.56. The number of aryl methyl sites for hydroxylation is 1. The molecule has 2 saturated heterocycles. The van der Waals surface area contributed by atoms with Crippen molar-refractivity contribution in [3.05, 3.63) is 23.8 Å². The minimum Gasteiger partial charge on any atom is -0.491 e. The molecular formula is C21H28N2O3. The predicted molar refractivity (Wildman–Crippen MR) is 99.6 cm³/mol. The van der Waals surface area contributed by atoms with Gasteiger partial charge in [-0.15, -0.1) is 0 Å². The number of nitrogens with zero attached hydrogens (tertiary/aromatic N) is 1. The Bertz CT molecular complexity index is 694. The van der Waals surface area contributed by atoms with Gasteiger partial charge in [-0.1, -0.05) is 18.6 Å². The molecule has 140 valence electrons. The maximum absolute atomic E-state index is 13.1. The Morgan fingerprint density at radius 3 is 2.77 bits per heavy atom. The molecule has 3 heterocycles. The van der Waals surface area contributed by atoms with Gasteiger partial charge in [-0.25, -0.2) is 4.79 Å². The van der Waals surface area contributed by atoms with Gasteiger partial charge in [-0.3, -0.25) is 0 Å². The fraction of sp³-hybridized carbons (Fsp3) is 0.667. The van der Waals surface area contributed by atoms with Crippen molar-refractivity contribution in [3.63, 3.8) is 0 Å². The Morgan fingerprint density at radius 1 is 1.15 bits per heavy atom. The molecule has 1 aromatic rings. The monoisotopic (exact) mass is 356 g/mol. The van der Waals surface area contributed by atoms with Gasteiger partial charge in [0.15, 0.2) is 0 Å². The molecular weight excluding hydrogens is 328 g/mol. The van der Waals surface area contributed by atoms with Crippen LogP contribution in [0.15, 0.2) is 18.2 Å². The molecule has 0 radical (unpaired) electrons. The Morgan fingerprint density at radius 2 is 2.00 bits per heavy atom. The van der Waals surface area contributed by atoms with Gasteiger partial charge in [0.1, 0.15) is 5.75 Å². The maximum atomic E-state index is 13.1. The number of hydrogen-bond donors (Lipinski definition) is 1. The first-order valence-corrected chi connectivity index (χ1v) is 10.2. The second-order valence-electron chi connectivity index (χ2n) is 8.41. The third-order valence-corrected chi connectivity index (χ3v) is 6.95. The average Bonchev–Trinajstić information content (AvgIpc) is 2.61. The number of benzene rings is 1. The Balaban J connectivity index is 1.34. The topological polar surface area (TPSA) is 50.8 Å². The molecule has 1 aliphatic carbocycles. The molecule has 5 rings (SSSR count). The lowest BCUT2D eigenvalue weighted by Crippen LogP contribution is -2.72. The van der Waals surface area contributed by atoms with Gasteiger partial charge in [0.05, 0.1) is 12.3 Å². The summed E-state index contributed by atoms with van der Waals surface area (Å²) in [5, 5.41) is 3.16. The van der Waals surface area contributed by atoms with E-state index in [-0.39, 0.29) is 6.03 Å². The highest BCUT2D eigenvalue weighted by molar-refractivity contribution is 5.92. The highest BCUT2D eigenvalue weighted by atomic mass is 16.5. The molecule has 0 bridgehead atoms. The third kappa shape index (κ3) is 2.59. The van der Waals surface area contributed by atoms with E-state index in [1.54, 1.807) is 0 Å². The minimum atomic E-state index is 0.0431. The van der Waals surface area contributed by atoms with Crippen molar-refractivity contribution >= 4 is 11.7 Å². The number of anilines is 1.